The van der Waals surface area contributed by atoms with Crippen molar-refractivity contribution in [3.05, 3.63) is 65.2 Å². The number of para-hydroxylation sites is 2. The van der Waals surface area contributed by atoms with Crippen LogP contribution in [-0.2, 0) is 0 Å². The van der Waals surface area contributed by atoms with E-state index in [9.17, 15) is 0 Å². The number of hydrogen-bond acceptors (Lipinski definition) is 3. The first kappa shape index (κ1) is 10.9. The topological polar surface area (TPSA) is 15.6 Å². The van der Waals surface area contributed by atoms with E-state index in [2.05, 4.69) is 60.6 Å². The van der Waals surface area contributed by atoms with Gasteiger partial charge in [0.2, 0.25) is 0 Å². The van der Waals surface area contributed by atoms with Gasteiger partial charge in [-0.1, -0.05) is 42.1 Å². The number of nitrogens with zero attached hydrogens (tertiary/aromatic N) is 2. The van der Waals surface area contributed by atoms with Crippen LogP contribution in [0.25, 0.3) is 0 Å². The molecule has 0 aromatic heterocycles. The summed E-state index contributed by atoms with van der Waals surface area (Å²) < 4.78 is 0. The van der Waals surface area contributed by atoms with Gasteiger partial charge < -0.3 is 4.90 Å². The average Bonchev–Trinajstić information content (AvgIpc) is 2.46. The molecular formula is C16H12N2S. The van der Waals surface area contributed by atoms with Crippen LogP contribution in [0.1, 0.15) is 5.56 Å². The number of thioether (sulfide) groups is 1. The van der Waals surface area contributed by atoms with Crippen molar-refractivity contribution >= 4 is 28.8 Å². The lowest BCUT2D eigenvalue weighted by Gasteiger charge is -2.29. The SMILES string of the molecule is CN1C=C2Sc3ccccc3N=C2c2ccccc21. The summed E-state index contributed by atoms with van der Waals surface area (Å²) in [7, 11) is 2.09. The maximum absolute atomic E-state index is 4.84. The third kappa shape index (κ3) is 1.62. The molecule has 2 heterocycles. The molecule has 0 unspecified atom stereocenters. The minimum Gasteiger partial charge on any atom is -0.349 e. The van der Waals surface area contributed by atoms with E-state index >= 15 is 0 Å². The Balaban J connectivity index is 1.97. The molecule has 92 valence electrons. The maximum atomic E-state index is 4.84. The van der Waals surface area contributed by atoms with Gasteiger partial charge in [-0.05, 0) is 18.2 Å². The van der Waals surface area contributed by atoms with Crippen molar-refractivity contribution in [2.24, 2.45) is 4.99 Å². The molecule has 0 radical (unpaired) electrons. The molecule has 19 heavy (non-hydrogen) atoms. The van der Waals surface area contributed by atoms with Crippen molar-refractivity contribution in [3.8, 4) is 0 Å². The number of aliphatic imine (C=N–C) groups is 1. The first-order chi connectivity index (χ1) is 9.33. The molecule has 2 aromatic rings. The predicted molar refractivity (Wildman–Crippen MR) is 81.4 cm³/mol. The smallest absolute Gasteiger partial charge is 0.0884 e. The minimum absolute atomic E-state index is 1.07. The maximum Gasteiger partial charge on any atom is 0.0884 e. The third-order valence-electron chi connectivity index (χ3n) is 3.40. The molecule has 0 amide bonds. The Bertz CT molecular complexity index is 731. The van der Waals surface area contributed by atoms with Crippen molar-refractivity contribution in [1.82, 2.24) is 0 Å². The molecule has 0 bridgehead atoms. The molecule has 0 spiro atoms. The molecule has 4 rings (SSSR count). The summed E-state index contributed by atoms with van der Waals surface area (Å²) in [5, 5.41) is 0. The van der Waals surface area contributed by atoms with Crippen LogP contribution < -0.4 is 4.90 Å². The molecule has 3 heteroatoms. The Morgan fingerprint density at radius 1 is 1.00 bits per heavy atom. The fraction of sp³-hybridized carbons (Fsp3) is 0.0625. The zero-order chi connectivity index (χ0) is 12.8. The molecule has 0 fully saturated rings. The normalized spacial score (nSPS) is 15.9. The van der Waals surface area contributed by atoms with Gasteiger partial charge in [0, 0.05) is 29.4 Å². The lowest BCUT2D eigenvalue weighted by atomic mass is 10.0. The van der Waals surface area contributed by atoms with Crippen LogP contribution in [0.3, 0.4) is 0 Å². The van der Waals surface area contributed by atoms with Gasteiger partial charge in [-0.3, -0.25) is 0 Å². The highest BCUT2D eigenvalue weighted by Gasteiger charge is 2.25. The lowest BCUT2D eigenvalue weighted by molar-refractivity contribution is 1.18. The second-order valence-electron chi connectivity index (χ2n) is 4.65. The second kappa shape index (κ2) is 4.00. The highest BCUT2D eigenvalue weighted by atomic mass is 32.2. The number of allylic oxidation sites excluding steroid dienone is 1. The van der Waals surface area contributed by atoms with Gasteiger partial charge in [0.05, 0.1) is 16.3 Å². The van der Waals surface area contributed by atoms with E-state index < -0.39 is 0 Å². The summed E-state index contributed by atoms with van der Waals surface area (Å²) >= 11 is 1.80. The van der Waals surface area contributed by atoms with E-state index in [4.69, 9.17) is 4.99 Å². The first-order valence-corrected chi connectivity index (χ1v) is 7.04. The highest BCUT2D eigenvalue weighted by molar-refractivity contribution is 8.04. The quantitative estimate of drug-likeness (QED) is 0.708. The van der Waals surface area contributed by atoms with Gasteiger partial charge in [0.1, 0.15) is 0 Å². The van der Waals surface area contributed by atoms with Crippen LogP contribution in [0.15, 0.2) is 69.5 Å². The zero-order valence-electron chi connectivity index (χ0n) is 10.5. The largest absolute Gasteiger partial charge is 0.349 e. The Hall–Kier alpha value is -2.00. The van der Waals surface area contributed by atoms with Gasteiger partial charge in [-0.25, -0.2) is 4.99 Å². The molecule has 0 N–H and O–H groups in total. The standard InChI is InChI=1S/C16H12N2S/c1-18-10-15-16(11-6-2-4-8-13(11)18)17-12-7-3-5-9-14(12)19-15/h2-10H,1H3. The number of fused-ring (bicyclic) bond motifs is 4. The van der Waals surface area contributed by atoms with E-state index in [0.29, 0.717) is 0 Å². The van der Waals surface area contributed by atoms with Crippen molar-refractivity contribution in [1.29, 1.82) is 0 Å². The summed E-state index contributed by atoms with van der Waals surface area (Å²) in [5.41, 5.74) is 4.59. The molecule has 0 aliphatic carbocycles. The van der Waals surface area contributed by atoms with Crippen LogP contribution in [-0.4, -0.2) is 12.8 Å². The number of hydrogen-bond donors (Lipinski definition) is 0. The first-order valence-electron chi connectivity index (χ1n) is 6.23. The van der Waals surface area contributed by atoms with Crippen LogP contribution in [0.2, 0.25) is 0 Å². The third-order valence-corrected chi connectivity index (χ3v) is 4.48. The lowest BCUT2D eigenvalue weighted by Crippen LogP contribution is -2.22. The molecule has 2 nitrogen and oxygen atoms in total. The van der Waals surface area contributed by atoms with Gasteiger partial charge in [-0.15, -0.1) is 0 Å². The van der Waals surface area contributed by atoms with Gasteiger partial charge >= 0.3 is 0 Å². The fourth-order valence-electron chi connectivity index (χ4n) is 2.49. The summed E-state index contributed by atoms with van der Waals surface area (Å²) in [6, 6.07) is 16.7. The number of anilines is 1. The van der Waals surface area contributed by atoms with Crippen LogP contribution >= 0.6 is 11.8 Å². The minimum atomic E-state index is 1.07. The molecule has 2 aliphatic rings. The Labute approximate surface area is 116 Å². The number of rotatable bonds is 0. The average molecular weight is 264 g/mol. The number of benzene rings is 2. The monoisotopic (exact) mass is 264 g/mol. The van der Waals surface area contributed by atoms with Crippen molar-refractivity contribution < 1.29 is 0 Å². The van der Waals surface area contributed by atoms with E-state index in [1.807, 2.05) is 6.07 Å². The van der Waals surface area contributed by atoms with E-state index in [1.54, 1.807) is 11.8 Å². The van der Waals surface area contributed by atoms with Gasteiger partial charge in [0.25, 0.3) is 0 Å². The highest BCUT2D eigenvalue weighted by Crippen LogP contribution is 2.44. The summed E-state index contributed by atoms with van der Waals surface area (Å²) in [6.45, 7) is 0. The van der Waals surface area contributed by atoms with Crippen molar-refractivity contribution in [3.63, 3.8) is 0 Å². The Kier molecular flexibility index (Phi) is 2.29. The van der Waals surface area contributed by atoms with Gasteiger partial charge in [-0.2, -0.15) is 0 Å². The van der Waals surface area contributed by atoms with Gasteiger partial charge in [0.15, 0.2) is 0 Å². The van der Waals surface area contributed by atoms with Crippen molar-refractivity contribution in [2.45, 2.75) is 4.90 Å². The molecule has 2 aromatic carbocycles. The molecule has 0 atom stereocenters. The zero-order valence-corrected chi connectivity index (χ0v) is 11.3. The van der Waals surface area contributed by atoms with E-state index in [-0.39, 0.29) is 0 Å². The van der Waals surface area contributed by atoms with Crippen LogP contribution in [0, 0.1) is 0 Å². The summed E-state index contributed by atoms with van der Waals surface area (Å²) in [5.74, 6) is 0. The van der Waals surface area contributed by atoms with Crippen molar-refractivity contribution in [2.75, 3.05) is 11.9 Å². The van der Waals surface area contributed by atoms with E-state index in [0.717, 1.165) is 11.4 Å². The Morgan fingerprint density at radius 3 is 2.74 bits per heavy atom. The fourth-order valence-corrected chi connectivity index (χ4v) is 3.55. The molecule has 0 saturated heterocycles. The molecular weight excluding hydrogens is 252 g/mol. The van der Waals surface area contributed by atoms with Crippen LogP contribution in [0.4, 0.5) is 11.4 Å². The summed E-state index contributed by atoms with van der Waals surface area (Å²) in [6.07, 6.45) is 2.17. The van der Waals surface area contributed by atoms with Crippen LogP contribution in [0.5, 0.6) is 0 Å². The predicted octanol–water partition coefficient (Wildman–Crippen LogP) is 4.20. The second-order valence-corrected chi connectivity index (χ2v) is 5.74. The Morgan fingerprint density at radius 2 is 1.79 bits per heavy atom. The molecule has 0 saturated carbocycles. The van der Waals surface area contributed by atoms with E-state index in [1.165, 1.54) is 21.1 Å². The summed E-state index contributed by atoms with van der Waals surface area (Å²) in [4.78, 5) is 9.46. The molecule has 2 aliphatic heterocycles.